The molecule has 0 bridgehead atoms. The molecule has 0 saturated carbocycles. The molecule has 2 heterocycles. The van der Waals surface area contributed by atoms with Crippen LogP contribution in [0.15, 0.2) is 121 Å². The van der Waals surface area contributed by atoms with Gasteiger partial charge in [-0.25, -0.2) is 0 Å². The highest BCUT2D eigenvalue weighted by Crippen LogP contribution is 2.35. The van der Waals surface area contributed by atoms with Gasteiger partial charge < -0.3 is 9.13 Å². The average molecular weight is 475 g/mol. The minimum absolute atomic E-state index is 1.02. The Morgan fingerprint density at radius 2 is 1.03 bits per heavy atom. The SMILES string of the molecule is C=c1/c(=C\C)c2cc(-c3ccc4c(c3)c3ccccc3n4-c3ccccc3)ccc2n1-c1ccccc1. The molecule has 0 unspecified atom stereocenters. The summed E-state index contributed by atoms with van der Waals surface area (Å²) in [7, 11) is 0. The van der Waals surface area contributed by atoms with Crippen molar-refractivity contribution in [3.05, 3.63) is 132 Å². The van der Waals surface area contributed by atoms with Crippen LogP contribution in [-0.4, -0.2) is 9.13 Å². The Morgan fingerprint density at radius 1 is 0.514 bits per heavy atom. The first kappa shape index (κ1) is 21.5. The van der Waals surface area contributed by atoms with Crippen molar-refractivity contribution in [2.45, 2.75) is 6.92 Å². The lowest BCUT2D eigenvalue weighted by atomic mass is 10.0. The molecular weight excluding hydrogens is 448 g/mol. The molecule has 37 heavy (non-hydrogen) atoms. The number of fused-ring (bicyclic) bond motifs is 4. The van der Waals surface area contributed by atoms with Crippen molar-refractivity contribution in [3.63, 3.8) is 0 Å². The van der Waals surface area contributed by atoms with Crippen LogP contribution in [0.5, 0.6) is 0 Å². The van der Waals surface area contributed by atoms with Crippen molar-refractivity contribution in [2.24, 2.45) is 0 Å². The van der Waals surface area contributed by atoms with Crippen LogP contribution in [0, 0.1) is 0 Å². The summed E-state index contributed by atoms with van der Waals surface area (Å²) in [6.45, 7) is 6.54. The van der Waals surface area contributed by atoms with Crippen molar-refractivity contribution in [3.8, 4) is 22.5 Å². The van der Waals surface area contributed by atoms with E-state index in [1.165, 1.54) is 54.7 Å². The summed E-state index contributed by atoms with van der Waals surface area (Å²) in [5.41, 5.74) is 8.35. The van der Waals surface area contributed by atoms with Crippen LogP contribution in [0.3, 0.4) is 0 Å². The maximum atomic E-state index is 4.44. The average Bonchev–Trinajstić information content (AvgIpc) is 3.44. The van der Waals surface area contributed by atoms with Gasteiger partial charge in [-0.1, -0.05) is 79.4 Å². The first-order valence-electron chi connectivity index (χ1n) is 12.7. The highest BCUT2D eigenvalue weighted by atomic mass is 15.0. The Bertz CT molecular complexity index is 2040. The molecule has 0 fully saturated rings. The standard InChI is InChI=1S/C35H26N2/c1-3-29-24(2)36(27-12-6-4-7-13-27)34-20-18-25(22-31(29)34)26-19-21-35-32(23-26)30-16-10-11-17-33(30)37(35)28-14-8-5-9-15-28/h3-23H,2H2,1H3/b29-3+. The molecule has 0 aliphatic heterocycles. The van der Waals surface area contributed by atoms with E-state index in [4.69, 9.17) is 0 Å². The molecule has 0 N–H and O–H groups in total. The second-order valence-corrected chi connectivity index (χ2v) is 9.47. The summed E-state index contributed by atoms with van der Waals surface area (Å²) in [6, 6.07) is 43.4. The van der Waals surface area contributed by atoms with E-state index in [-0.39, 0.29) is 0 Å². The van der Waals surface area contributed by atoms with Crippen molar-refractivity contribution < 1.29 is 0 Å². The second kappa shape index (κ2) is 8.39. The highest BCUT2D eigenvalue weighted by molar-refractivity contribution is 6.10. The predicted molar refractivity (Wildman–Crippen MR) is 158 cm³/mol. The van der Waals surface area contributed by atoms with E-state index in [1.807, 2.05) is 6.07 Å². The fraction of sp³-hybridized carbons (Fsp3) is 0.0286. The van der Waals surface area contributed by atoms with Gasteiger partial charge in [0, 0.05) is 38.1 Å². The van der Waals surface area contributed by atoms with Crippen LogP contribution in [-0.2, 0) is 0 Å². The maximum Gasteiger partial charge on any atom is 0.0541 e. The minimum atomic E-state index is 1.02. The van der Waals surface area contributed by atoms with Crippen LogP contribution < -0.4 is 10.6 Å². The number of aromatic nitrogens is 2. The van der Waals surface area contributed by atoms with Gasteiger partial charge in [0.15, 0.2) is 0 Å². The lowest BCUT2D eigenvalue weighted by Gasteiger charge is -2.09. The van der Waals surface area contributed by atoms with E-state index in [0.717, 1.165) is 11.0 Å². The maximum absolute atomic E-state index is 4.44. The zero-order chi connectivity index (χ0) is 24.9. The van der Waals surface area contributed by atoms with Gasteiger partial charge in [-0.05, 0) is 72.6 Å². The fourth-order valence-electron chi connectivity index (χ4n) is 5.75. The summed E-state index contributed by atoms with van der Waals surface area (Å²) in [5.74, 6) is 0. The van der Waals surface area contributed by atoms with Crippen LogP contribution in [0.1, 0.15) is 6.92 Å². The summed E-state index contributed by atoms with van der Waals surface area (Å²) in [4.78, 5) is 0. The van der Waals surface area contributed by atoms with Gasteiger partial charge >= 0.3 is 0 Å². The predicted octanol–water partition coefficient (Wildman–Crippen LogP) is 7.61. The molecule has 0 aliphatic carbocycles. The van der Waals surface area contributed by atoms with Crippen molar-refractivity contribution in [1.82, 2.24) is 9.13 Å². The largest absolute Gasteiger partial charge is 0.310 e. The van der Waals surface area contributed by atoms with Gasteiger partial charge in [-0.3, -0.25) is 0 Å². The lowest BCUT2D eigenvalue weighted by Crippen LogP contribution is -2.26. The molecule has 0 amide bonds. The molecule has 5 aromatic carbocycles. The van der Waals surface area contributed by atoms with Crippen molar-refractivity contribution >= 4 is 45.4 Å². The number of rotatable bonds is 3. The van der Waals surface area contributed by atoms with Gasteiger partial charge in [0.25, 0.3) is 0 Å². The zero-order valence-corrected chi connectivity index (χ0v) is 20.7. The first-order chi connectivity index (χ1) is 18.2. The Balaban J connectivity index is 1.46. The van der Waals surface area contributed by atoms with E-state index in [9.17, 15) is 0 Å². The van der Waals surface area contributed by atoms with Crippen molar-refractivity contribution in [2.75, 3.05) is 0 Å². The van der Waals surface area contributed by atoms with Gasteiger partial charge in [0.05, 0.1) is 16.6 Å². The Labute approximate surface area is 215 Å². The summed E-state index contributed by atoms with van der Waals surface area (Å²) < 4.78 is 4.61. The summed E-state index contributed by atoms with van der Waals surface area (Å²) in [5, 5.41) is 5.95. The van der Waals surface area contributed by atoms with Gasteiger partial charge in [0.2, 0.25) is 0 Å². The first-order valence-corrected chi connectivity index (χ1v) is 12.7. The van der Waals surface area contributed by atoms with Gasteiger partial charge in [0.1, 0.15) is 0 Å². The molecule has 7 aromatic rings. The number of nitrogens with zero attached hydrogens (tertiary/aromatic N) is 2. The summed E-state index contributed by atoms with van der Waals surface area (Å²) in [6.07, 6.45) is 2.17. The summed E-state index contributed by atoms with van der Waals surface area (Å²) >= 11 is 0. The Kier molecular flexibility index (Phi) is 4.87. The number of hydrogen-bond acceptors (Lipinski definition) is 0. The molecule has 0 radical (unpaired) electrons. The molecule has 2 aromatic heterocycles. The molecule has 2 nitrogen and oxygen atoms in total. The van der Waals surface area contributed by atoms with Gasteiger partial charge in [-0.2, -0.15) is 0 Å². The third-order valence-electron chi connectivity index (χ3n) is 7.43. The number of para-hydroxylation sites is 3. The third kappa shape index (κ3) is 3.26. The van der Waals surface area contributed by atoms with Gasteiger partial charge in [-0.15, -0.1) is 0 Å². The normalized spacial score (nSPS) is 12.2. The topological polar surface area (TPSA) is 9.86 Å². The molecule has 0 spiro atoms. The number of hydrogen-bond donors (Lipinski definition) is 0. The molecule has 2 heteroatoms. The molecule has 0 saturated heterocycles. The smallest absolute Gasteiger partial charge is 0.0541 e. The van der Waals surface area contributed by atoms with Crippen LogP contribution in [0.25, 0.3) is 67.9 Å². The van der Waals surface area contributed by atoms with Crippen LogP contribution >= 0.6 is 0 Å². The highest BCUT2D eigenvalue weighted by Gasteiger charge is 2.14. The minimum Gasteiger partial charge on any atom is -0.310 e. The molecule has 0 atom stereocenters. The van der Waals surface area contributed by atoms with Crippen molar-refractivity contribution in [1.29, 1.82) is 0 Å². The van der Waals surface area contributed by atoms with Crippen LogP contribution in [0.4, 0.5) is 0 Å². The fourth-order valence-corrected chi connectivity index (χ4v) is 5.75. The van der Waals surface area contributed by atoms with Crippen LogP contribution in [0.2, 0.25) is 0 Å². The molecular formula is C35H26N2. The molecule has 176 valence electrons. The third-order valence-corrected chi connectivity index (χ3v) is 7.43. The monoisotopic (exact) mass is 474 g/mol. The lowest BCUT2D eigenvalue weighted by molar-refractivity contribution is 1.07. The van der Waals surface area contributed by atoms with E-state index < -0.39 is 0 Å². The molecule has 7 rings (SSSR count). The Hall–Kier alpha value is -4.82. The second-order valence-electron chi connectivity index (χ2n) is 9.47. The van der Waals surface area contributed by atoms with E-state index in [1.54, 1.807) is 0 Å². The quantitative estimate of drug-likeness (QED) is 0.249. The van der Waals surface area contributed by atoms with E-state index in [0.29, 0.717) is 0 Å². The Morgan fingerprint density at radius 3 is 1.68 bits per heavy atom. The zero-order valence-electron chi connectivity index (χ0n) is 20.7. The van der Waals surface area contributed by atoms with E-state index in [2.05, 4.69) is 144 Å². The number of benzene rings is 5. The molecule has 0 aliphatic rings. The van der Waals surface area contributed by atoms with E-state index >= 15 is 0 Å².